The first kappa shape index (κ1) is 11.7. The van der Waals surface area contributed by atoms with Crippen LogP contribution >= 0.6 is 0 Å². The first-order valence-electron chi connectivity index (χ1n) is 6.37. The van der Waals surface area contributed by atoms with Gasteiger partial charge in [0, 0.05) is 19.2 Å². The van der Waals surface area contributed by atoms with Crippen molar-refractivity contribution in [1.29, 1.82) is 5.26 Å². The van der Waals surface area contributed by atoms with Crippen molar-refractivity contribution < 1.29 is 4.42 Å². The van der Waals surface area contributed by atoms with Crippen molar-refractivity contribution in [2.75, 3.05) is 18.0 Å². The van der Waals surface area contributed by atoms with Gasteiger partial charge in [0.05, 0.1) is 0 Å². The topological polar surface area (TPSA) is 66.0 Å². The summed E-state index contributed by atoms with van der Waals surface area (Å²) in [5.41, 5.74) is 0.376. The van der Waals surface area contributed by atoms with Crippen LogP contribution < -0.4 is 4.90 Å². The van der Waals surface area contributed by atoms with Crippen molar-refractivity contribution >= 4 is 5.82 Å². The highest BCUT2D eigenvalue weighted by atomic mass is 16.3. The van der Waals surface area contributed by atoms with Crippen molar-refractivity contribution in [3.05, 3.63) is 29.7 Å². The average molecular weight is 254 g/mol. The molecule has 0 radical (unpaired) electrons. The van der Waals surface area contributed by atoms with Gasteiger partial charge >= 0.3 is 0 Å². The standard InChI is InChI=1S/C14H14N4O/c1-10-4-5-12(19-10)14-16-11(9-15)8-13(17-14)18-6-2-3-7-18/h4-5,8H,2-3,6-7H2,1H3. The van der Waals surface area contributed by atoms with Gasteiger partial charge in [-0.25, -0.2) is 9.97 Å². The average Bonchev–Trinajstić information content (AvgIpc) is 3.09. The van der Waals surface area contributed by atoms with Crippen LogP contribution in [-0.2, 0) is 0 Å². The largest absolute Gasteiger partial charge is 0.458 e. The molecule has 1 aliphatic heterocycles. The summed E-state index contributed by atoms with van der Waals surface area (Å²) in [6, 6.07) is 7.53. The zero-order valence-corrected chi connectivity index (χ0v) is 10.8. The van der Waals surface area contributed by atoms with Gasteiger partial charge in [-0.1, -0.05) is 0 Å². The number of nitrogens with zero attached hydrogens (tertiary/aromatic N) is 4. The highest BCUT2D eigenvalue weighted by Crippen LogP contribution is 2.24. The number of nitriles is 1. The summed E-state index contributed by atoms with van der Waals surface area (Å²) in [7, 11) is 0. The molecule has 5 heteroatoms. The molecule has 0 aliphatic carbocycles. The Morgan fingerprint density at radius 3 is 2.68 bits per heavy atom. The Hall–Kier alpha value is -2.35. The molecule has 3 heterocycles. The molecule has 2 aromatic rings. The van der Waals surface area contributed by atoms with E-state index in [0.717, 1.165) is 24.7 Å². The predicted octanol–water partition coefficient (Wildman–Crippen LogP) is 2.52. The molecule has 96 valence electrons. The summed E-state index contributed by atoms with van der Waals surface area (Å²) < 4.78 is 5.53. The van der Waals surface area contributed by atoms with Crippen LogP contribution in [0.3, 0.4) is 0 Å². The fourth-order valence-electron chi connectivity index (χ4n) is 2.26. The van der Waals surface area contributed by atoms with Gasteiger partial charge in [0.25, 0.3) is 0 Å². The molecule has 1 saturated heterocycles. The number of rotatable bonds is 2. The van der Waals surface area contributed by atoms with Crippen LogP contribution in [0.4, 0.5) is 5.82 Å². The van der Waals surface area contributed by atoms with Gasteiger partial charge < -0.3 is 9.32 Å². The second kappa shape index (κ2) is 4.73. The number of aryl methyl sites for hydroxylation is 1. The number of anilines is 1. The molecule has 0 N–H and O–H groups in total. The molecule has 0 unspecified atom stereocenters. The van der Waals surface area contributed by atoms with Crippen LogP contribution in [0.15, 0.2) is 22.6 Å². The second-order valence-corrected chi connectivity index (χ2v) is 4.65. The van der Waals surface area contributed by atoms with Crippen molar-refractivity contribution in [3.8, 4) is 17.7 Å². The van der Waals surface area contributed by atoms with Gasteiger partial charge in [-0.3, -0.25) is 0 Å². The summed E-state index contributed by atoms with van der Waals surface area (Å²) in [6.45, 7) is 3.84. The maximum absolute atomic E-state index is 9.09. The third kappa shape index (κ3) is 2.29. The molecule has 0 atom stereocenters. The summed E-state index contributed by atoms with van der Waals surface area (Å²) in [5, 5.41) is 9.09. The molecule has 0 spiro atoms. The van der Waals surface area contributed by atoms with E-state index in [-0.39, 0.29) is 0 Å². The summed E-state index contributed by atoms with van der Waals surface area (Å²) >= 11 is 0. The van der Waals surface area contributed by atoms with Crippen LogP contribution in [0.5, 0.6) is 0 Å². The van der Waals surface area contributed by atoms with Crippen molar-refractivity contribution in [2.24, 2.45) is 0 Å². The fourth-order valence-corrected chi connectivity index (χ4v) is 2.26. The maximum Gasteiger partial charge on any atom is 0.198 e. The Kier molecular flexibility index (Phi) is 2.92. The van der Waals surface area contributed by atoms with Crippen LogP contribution in [0.1, 0.15) is 24.3 Å². The van der Waals surface area contributed by atoms with E-state index in [1.165, 1.54) is 12.8 Å². The summed E-state index contributed by atoms with van der Waals surface area (Å²) in [4.78, 5) is 10.9. The lowest BCUT2D eigenvalue weighted by Gasteiger charge is -2.16. The van der Waals surface area contributed by atoms with Gasteiger partial charge in [0.2, 0.25) is 0 Å². The third-order valence-corrected chi connectivity index (χ3v) is 3.22. The zero-order valence-electron chi connectivity index (χ0n) is 10.8. The van der Waals surface area contributed by atoms with Gasteiger partial charge in [-0.2, -0.15) is 5.26 Å². The molecule has 3 rings (SSSR count). The molecule has 2 aromatic heterocycles. The van der Waals surface area contributed by atoms with E-state index in [4.69, 9.17) is 9.68 Å². The zero-order chi connectivity index (χ0) is 13.2. The lowest BCUT2D eigenvalue weighted by atomic mass is 10.3. The minimum absolute atomic E-state index is 0.376. The molecule has 0 bridgehead atoms. The minimum atomic E-state index is 0.376. The highest BCUT2D eigenvalue weighted by molar-refractivity contribution is 5.54. The quantitative estimate of drug-likeness (QED) is 0.823. The van der Waals surface area contributed by atoms with E-state index in [2.05, 4.69) is 20.9 Å². The molecule has 0 saturated carbocycles. The predicted molar refractivity (Wildman–Crippen MR) is 70.6 cm³/mol. The van der Waals surface area contributed by atoms with Crippen molar-refractivity contribution in [3.63, 3.8) is 0 Å². The van der Waals surface area contributed by atoms with E-state index in [1.54, 1.807) is 6.07 Å². The van der Waals surface area contributed by atoms with Crippen molar-refractivity contribution in [1.82, 2.24) is 9.97 Å². The Bertz CT molecular complexity index is 635. The Morgan fingerprint density at radius 2 is 2.05 bits per heavy atom. The lowest BCUT2D eigenvalue weighted by Crippen LogP contribution is -2.19. The van der Waals surface area contributed by atoms with Gasteiger partial charge in [0.15, 0.2) is 11.6 Å². The van der Waals surface area contributed by atoms with Crippen molar-refractivity contribution in [2.45, 2.75) is 19.8 Å². The first-order valence-corrected chi connectivity index (χ1v) is 6.37. The van der Waals surface area contributed by atoms with E-state index < -0.39 is 0 Å². The Labute approximate surface area is 111 Å². The molecular weight excluding hydrogens is 240 g/mol. The Morgan fingerprint density at radius 1 is 1.26 bits per heavy atom. The van der Waals surface area contributed by atoms with Gasteiger partial charge in [0.1, 0.15) is 23.3 Å². The number of furan rings is 1. The maximum atomic E-state index is 9.09. The Balaban J connectivity index is 2.04. The molecule has 19 heavy (non-hydrogen) atoms. The van der Waals surface area contributed by atoms with E-state index in [0.29, 0.717) is 17.3 Å². The molecule has 0 amide bonds. The number of aromatic nitrogens is 2. The fraction of sp³-hybridized carbons (Fsp3) is 0.357. The van der Waals surface area contributed by atoms with Gasteiger partial charge in [-0.05, 0) is 31.9 Å². The van der Waals surface area contributed by atoms with Crippen LogP contribution in [0.2, 0.25) is 0 Å². The molecule has 1 fully saturated rings. The smallest absolute Gasteiger partial charge is 0.198 e. The lowest BCUT2D eigenvalue weighted by molar-refractivity contribution is 0.544. The van der Waals surface area contributed by atoms with Gasteiger partial charge in [-0.15, -0.1) is 0 Å². The number of hydrogen-bond donors (Lipinski definition) is 0. The molecule has 5 nitrogen and oxygen atoms in total. The molecule has 1 aliphatic rings. The van der Waals surface area contributed by atoms with E-state index >= 15 is 0 Å². The second-order valence-electron chi connectivity index (χ2n) is 4.65. The number of hydrogen-bond acceptors (Lipinski definition) is 5. The third-order valence-electron chi connectivity index (χ3n) is 3.22. The molecule has 0 aromatic carbocycles. The minimum Gasteiger partial charge on any atom is -0.458 e. The highest BCUT2D eigenvalue weighted by Gasteiger charge is 2.17. The molecular formula is C14H14N4O. The van der Waals surface area contributed by atoms with Crippen LogP contribution in [-0.4, -0.2) is 23.1 Å². The SMILES string of the molecule is Cc1ccc(-c2nc(C#N)cc(N3CCCC3)n2)o1. The van der Waals surface area contributed by atoms with E-state index in [1.807, 2.05) is 19.1 Å². The van der Waals surface area contributed by atoms with E-state index in [9.17, 15) is 0 Å². The normalized spacial score (nSPS) is 14.6. The van der Waals surface area contributed by atoms with Crippen LogP contribution in [0.25, 0.3) is 11.6 Å². The van der Waals surface area contributed by atoms with Crippen LogP contribution in [0, 0.1) is 18.3 Å². The monoisotopic (exact) mass is 254 g/mol. The first-order chi connectivity index (χ1) is 9.26. The summed E-state index contributed by atoms with van der Waals surface area (Å²) in [5.74, 6) is 2.71. The summed E-state index contributed by atoms with van der Waals surface area (Å²) in [6.07, 6.45) is 2.34.